The highest BCUT2D eigenvalue weighted by Crippen LogP contribution is 2.38. The zero-order valence-corrected chi connectivity index (χ0v) is 19.8. The van der Waals surface area contributed by atoms with Crippen molar-refractivity contribution in [2.45, 2.75) is 12.2 Å². The molecule has 0 bridgehead atoms. The number of piperazine rings is 1. The second-order valence-electron chi connectivity index (χ2n) is 8.21. The molecule has 2 aliphatic heterocycles. The van der Waals surface area contributed by atoms with E-state index in [1.807, 2.05) is 35.1 Å². The van der Waals surface area contributed by atoms with Gasteiger partial charge in [-0.3, -0.25) is 0 Å². The van der Waals surface area contributed by atoms with E-state index >= 15 is 0 Å². The third-order valence-electron chi connectivity index (χ3n) is 6.01. The van der Waals surface area contributed by atoms with Gasteiger partial charge in [0.05, 0.1) is 5.56 Å². The normalized spacial score (nSPS) is 21.5. The molecule has 2 aromatic carbocycles. The highest BCUT2D eigenvalue weighted by Gasteiger charge is 2.32. The fourth-order valence-corrected chi connectivity index (χ4v) is 5.36. The number of carbonyl (C=O) groups is 1. The van der Waals surface area contributed by atoms with Crippen LogP contribution in [0.2, 0.25) is 5.02 Å². The maximum atomic E-state index is 13.5. The van der Waals surface area contributed by atoms with Crippen LogP contribution in [0.4, 0.5) is 24.5 Å². The lowest BCUT2D eigenvalue weighted by atomic mass is 10.0. The number of likely N-dealkylation sites (N-methyl/N-ethyl adjacent to an activating group) is 1. The summed E-state index contributed by atoms with van der Waals surface area (Å²) in [6.07, 6.45) is -1.64. The summed E-state index contributed by atoms with van der Waals surface area (Å²) in [5.41, 5.74) is 1.47. The highest BCUT2D eigenvalue weighted by atomic mass is 35.5. The van der Waals surface area contributed by atoms with E-state index in [0.29, 0.717) is 35.9 Å². The van der Waals surface area contributed by atoms with Crippen LogP contribution in [0.15, 0.2) is 47.4 Å². The van der Waals surface area contributed by atoms with E-state index in [9.17, 15) is 18.0 Å². The van der Waals surface area contributed by atoms with Gasteiger partial charge in [0.1, 0.15) is 12.3 Å². The summed E-state index contributed by atoms with van der Waals surface area (Å²) in [7, 11) is 2.01. The molecule has 9 heteroatoms. The smallest absolute Gasteiger partial charge is 0.368 e. The van der Waals surface area contributed by atoms with Crippen LogP contribution in [-0.2, 0) is 11.0 Å². The number of hydrogen-bond acceptors (Lipinski definition) is 5. The zero-order valence-electron chi connectivity index (χ0n) is 18.2. The topological polar surface area (TPSA) is 26.8 Å². The Morgan fingerprint density at radius 1 is 1.03 bits per heavy atom. The number of aldehydes is 1. The Bertz CT molecular complexity index is 1020. The molecular weight excluding hydrogens is 471 g/mol. The molecule has 0 aromatic heterocycles. The fraction of sp³-hybridized carbons (Fsp3) is 0.375. The van der Waals surface area contributed by atoms with Crippen LogP contribution in [-0.4, -0.2) is 62.8 Å². The maximum Gasteiger partial charge on any atom is 0.416 e. The quantitative estimate of drug-likeness (QED) is 0.538. The van der Waals surface area contributed by atoms with Crippen LogP contribution in [0, 0.1) is 0 Å². The van der Waals surface area contributed by atoms with Crippen molar-refractivity contribution in [2.24, 2.45) is 0 Å². The van der Waals surface area contributed by atoms with Gasteiger partial charge in [0.2, 0.25) is 0 Å². The predicted octanol–water partition coefficient (Wildman–Crippen LogP) is 5.27. The maximum absolute atomic E-state index is 13.5. The first-order valence-corrected chi connectivity index (χ1v) is 12.1. The second-order valence-corrected chi connectivity index (χ2v) is 9.81. The largest absolute Gasteiger partial charge is 0.416 e. The van der Waals surface area contributed by atoms with E-state index in [0.717, 1.165) is 41.8 Å². The van der Waals surface area contributed by atoms with E-state index in [1.54, 1.807) is 23.9 Å². The third-order valence-corrected chi connectivity index (χ3v) is 7.35. The van der Waals surface area contributed by atoms with Crippen molar-refractivity contribution in [2.75, 3.05) is 55.3 Å². The molecular formula is C24H25ClF3N3OS. The van der Waals surface area contributed by atoms with Crippen LogP contribution in [0.25, 0.3) is 6.08 Å². The lowest BCUT2D eigenvalue weighted by Crippen LogP contribution is -2.45. The van der Waals surface area contributed by atoms with Gasteiger partial charge in [-0.2, -0.15) is 13.2 Å². The Hall–Kier alpha value is -2.16. The SMILES string of the molecule is CN1CCN(c2cc(C(F)(F)F)ccc2C=C2SCCN(c3ccc(Cl)cc3)C2C=O)CC1. The van der Waals surface area contributed by atoms with Crippen molar-refractivity contribution in [1.82, 2.24) is 4.90 Å². The molecule has 4 rings (SSSR count). The average molecular weight is 496 g/mol. The molecule has 0 spiro atoms. The van der Waals surface area contributed by atoms with E-state index in [1.165, 1.54) is 12.1 Å². The predicted molar refractivity (Wildman–Crippen MR) is 130 cm³/mol. The molecule has 0 amide bonds. The molecule has 4 nitrogen and oxygen atoms in total. The van der Waals surface area contributed by atoms with Gasteiger partial charge in [-0.15, -0.1) is 11.8 Å². The van der Waals surface area contributed by atoms with Gasteiger partial charge in [0.25, 0.3) is 0 Å². The number of halogens is 4. The Labute approximate surface area is 201 Å². The van der Waals surface area contributed by atoms with Gasteiger partial charge in [-0.1, -0.05) is 17.7 Å². The Morgan fingerprint density at radius 2 is 1.73 bits per heavy atom. The number of carbonyl (C=O) groups excluding carboxylic acids is 1. The van der Waals surface area contributed by atoms with Gasteiger partial charge in [0.15, 0.2) is 0 Å². The summed E-state index contributed by atoms with van der Waals surface area (Å²) in [5.74, 6) is 0.767. The van der Waals surface area contributed by atoms with Crippen LogP contribution in [0.5, 0.6) is 0 Å². The lowest BCUT2D eigenvalue weighted by Gasteiger charge is -2.37. The summed E-state index contributed by atoms with van der Waals surface area (Å²) in [6, 6.07) is 10.7. The Morgan fingerprint density at radius 3 is 2.36 bits per heavy atom. The minimum absolute atomic E-state index is 0.507. The summed E-state index contributed by atoms with van der Waals surface area (Å²) in [4.78, 5) is 19.1. The van der Waals surface area contributed by atoms with Gasteiger partial charge < -0.3 is 19.5 Å². The molecule has 1 atom stereocenters. The first-order chi connectivity index (χ1) is 15.8. The number of thioether (sulfide) groups is 1. The number of alkyl halides is 3. The van der Waals surface area contributed by atoms with Crippen molar-refractivity contribution < 1.29 is 18.0 Å². The highest BCUT2D eigenvalue weighted by molar-refractivity contribution is 8.03. The average Bonchev–Trinajstić information content (AvgIpc) is 2.79. The van der Waals surface area contributed by atoms with Crippen molar-refractivity contribution in [3.63, 3.8) is 0 Å². The summed E-state index contributed by atoms with van der Waals surface area (Å²) >= 11 is 7.58. The Kier molecular flexibility index (Phi) is 7.26. The number of hydrogen-bond donors (Lipinski definition) is 0. The molecule has 2 aromatic rings. The van der Waals surface area contributed by atoms with Gasteiger partial charge >= 0.3 is 6.18 Å². The Balaban J connectivity index is 1.71. The number of rotatable bonds is 4. The lowest BCUT2D eigenvalue weighted by molar-refractivity contribution is -0.137. The summed E-state index contributed by atoms with van der Waals surface area (Å²) in [6.45, 7) is 3.54. The van der Waals surface area contributed by atoms with Gasteiger partial charge in [-0.25, -0.2) is 0 Å². The number of benzene rings is 2. The van der Waals surface area contributed by atoms with Gasteiger partial charge in [-0.05, 0) is 55.1 Å². The van der Waals surface area contributed by atoms with Crippen LogP contribution in [0.3, 0.4) is 0 Å². The molecule has 33 heavy (non-hydrogen) atoms. The minimum atomic E-state index is -4.41. The van der Waals surface area contributed by atoms with E-state index in [-0.39, 0.29) is 0 Å². The molecule has 2 aliphatic rings. The van der Waals surface area contributed by atoms with Crippen molar-refractivity contribution >= 4 is 47.1 Å². The molecule has 2 fully saturated rings. The molecule has 2 saturated heterocycles. The standard InChI is InChI=1S/C24H25ClF3N3OS/c1-29-8-10-30(11-9-29)21-15-18(24(26,27)28)3-2-17(21)14-23-22(16-32)31(12-13-33-23)20-6-4-19(25)5-7-20/h2-7,14-16,22H,8-13H2,1H3. The monoisotopic (exact) mass is 495 g/mol. The van der Waals surface area contributed by atoms with Gasteiger partial charge in [0, 0.05) is 59.8 Å². The van der Waals surface area contributed by atoms with E-state index in [2.05, 4.69) is 4.90 Å². The number of nitrogens with zero attached hydrogens (tertiary/aromatic N) is 3. The molecule has 0 saturated carbocycles. The summed E-state index contributed by atoms with van der Waals surface area (Å²) < 4.78 is 40.4. The molecule has 0 N–H and O–H groups in total. The van der Waals surface area contributed by atoms with Crippen molar-refractivity contribution in [1.29, 1.82) is 0 Å². The van der Waals surface area contributed by atoms with E-state index < -0.39 is 17.8 Å². The van der Waals surface area contributed by atoms with Crippen molar-refractivity contribution in [3.05, 3.63) is 63.5 Å². The van der Waals surface area contributed by atoms with Crippen LogP contribution >= 0.6 is 23.4 Å². The molecule has 176 valence electrons. The molecule has 2 heterocycles. The first kappa shape index (κ1) is 24.0. The molecule has 0 radical (unpaired) electrons. The summed E-state index contributed by atoms with van der Waals surface area (Å²) in [5, 5.41) is 0.616. The van der Waals surface area contributed by atoms with Crippen molar-refractivity contribution in [3.8, 4) is 0 Å². The first-order valence-electron chi connectivity index (χ1n) is 10.7. The molecule has 0 aliphatic carbocycles. The van der Waals surface area contributed by atoms with Crippen LogP contribution in [0.1, 0.15) is 11.1 Å². The second kappa shape index (κ2) is 9.99. The minimum Gasteiger partial charge on any atom is -0.368 e. The molecule has 1 unspecified atom stereocenters. The fourth-order valence-electron chi connectivity index (χ4n) is 4.15. The number of anilines is 2. The zero-order chi connectivity index (χ0) is 23.6. The van der Waals surface area contributed by atoms with Crippen LogP contribution < -0.4 is 9.80 Å². The third kappa shape index (κ3) is 5.50. The van der Waals surface area contributed by atoms with E-state index in [4.69, 9.17) is 11.6 Å².